The van der Waals surface area contributed by atoms with E-state index in [1.807, 2.05) is 30.3 Å². The van der Waals surface area contributed by atoms with Gasteiger partial charge in [-0.2, -0.15) is 0 Å². The van der Waals surface area contributed by atoms with Crippen LogP contribution in [0.4, 0.5) is 8.78 Å². The third-order valence-electron chi connectivity index (χ3n) is 2.92. The number of rotatable bonds is 3. The number of aliphatic hydroxyl groups is 1. The van der Waals surface area contributed by atoms with E-state index < -0.39 is 18.1 Å². The molecule has 0 aromatic heterocycles. The fraction of sp³-hybridized carbons (Fsp3) is 0.500. The summed E-state index contributed by atoms with van der Waals surface area (Å²) in [5.74, 6) is -2.74. The molecule has 0 heterocycles. The molecule has 0 spiro atoms. The quantitative estimate of drug-likeness (QED) is 0.776. The van der Waals surface area contributed by atoms with Crippen LogP contribution in [0.5, 0.6) is 0 Å². The van der Waals surface area contributed by atoms with E-state index in [9.17, 15) is 13.9 Å². The van der Waals surface area contributed by atoms with Gasteiger partial charge in [-0.1, -0.05) is 30.3 Å². The summed E-state index contributed by atoms with van der Waals surface area (Å²) >= 11 is 0. The van der Waals surface area contributed by atoms with Crippen molar-refractivity contribution in [2.75, 3.05) is 0 Å². The Labute approximate surface area is 93.3 Å². The van der Waals surface area contributed by atoms with E-state index in [0.29, 0.717) is 6.54 Å². The van der Waals surface area contributed by atoms with E-state index in [0.717, 1.165) is 5.56 Å². The van der Waals surface area contributed by atoms with Crippen molar-refractivity contribution in [2.45, 2.75) is 37.5 Å². The first-order valence-corrected chi connectivity index (χ1v) is 5.38. The highest BCUT2D eigenvalue weighted by Crippen LogP contribution is 2.40. The molecule has 2 nitrogen and oxygen atoms in total. The Balaban J connectivity index is 1.91. The molecule has 1 aliphatic rings. The molecule has 16 heavy (non-hydrogen) atoms. The fourth-order valence-corrected chi connectivity index (χ4v) is 2.01. The van der Waals surface area contributed by atoms with Crippen molar-refractivity contribution in [1.29, 1.82) is 0 Å². The van der Waals surface area contributed by atoms with Gasteiger partial charge >= 0.3 is 0 Å². The Morgan fingerprint density at radius 2 is 1.88 bits per heavy atom. The zero-order chi connectivity index (χ0) is 11.6. The van der Waals surface area contributed by atoms with E-state index in [2.05, 4.69) is 5.32 Å². The van der Waals surface area contributed by atoms with Crippen LogP contribution in [0.3, 0.4) is 0 Å². The molecule has 1 unspecified atom stereocenters. The normalized spacial score (nSPS) is 28.2. The highest BCUT2D eigenvalue weighted by Gasteiger charge is 2.48. The first-order valence-electron chi connectivity index (χ1n) is 5.38. The Morgan fingerprint density at radius 1 is 1.19 bits per heavy atom. The van der Waals surface area contributed by atoms with Gasteiger partial charge in [0.05, 0.1) is 6.42 Å². The van der Waals surface area contributed by atoms with E-state index in [-0.39, 0.29) is 12.8 Å². The molecule has 2 rings (SSSR count). The number of alkyl halides is 2. The summed E-state index contributed by atoms with van der Waals surface area (Å²) in [6, 6.07) is 9.43. The lowest BCUT2D eigenvalue weighted by Crippen LogP contribution is -2.43. The van der Waals surface area contributed by atoms with Crippen LogP contribution in [0.1, 0.15) is 24.8 Å². The number of hydrogen-bond donors (Lipinski definition) is 2. The SMILES string of the molecule is OC1(NCc2ccccc2)CCC(F)(F)C1. The molecule has 0 bridgehead atoms. The summed E-state index contributed by atoms with van der Waals surface area (Å²) in [5, 5.41) is 12.7. The monoisotopic (exact) mass is 227 g/mol. The van der Waals surface area contributed by atoms with Gasteiger partial charge in [-0.25, -0.2) is 8.78 Å². The van der Waals surface area contributed by atoms with E-state index in [1.165, 1.54) is 0 Å². The molecule has 1 saturated carbocycles. The fourth-order valence-electron chi connectivity index (χ4n) is 2.01. The summed E-state index contributed by atoms with van der Waals surface area (Å²) in [4.78, 5) is 0. The van der Waals surface area contributed by atoms with Crippen LogP contribution in [0.15, 0.2) is 30.3 Å². The minimum Gasteiger partial charge on any atom is -0.376 e. The molecule has 1 aromatic rings. The van der Waals surface area contributed by atoms with E-state index in [1.54, 1.807) is 0 Å². The molecule has 1 aliphatic carbocycles. The van der Waals surface area contributed by atoms with Gasteiger partial charge in [-0.15, -0.1) is 0 Å². The molecule has 0 amide bonds. The van der Waals surface area contributed by atoms with Crippen LogP contribution in [0.25, 0.3) is 0 Å². The molecule has 0 radical (unpaired) electrons. The Morgan fingerprint density at radius 3 is 2.44 bits per heavy atom. The summed E-state index contributed by atoms with van der Waals surface area (Å²) in [7, 11) is 0. The number of hydrogen-bond acceptors (Lipinski definition) is 2. The molecule has 1 aromatic carbocycles. The lowest BCUT2D eigenvalue weighted by Gasteiger charge is -2.24. The maximum Gasteiger partial charge on any atom is 0.252 e. The summed E-state index contributed by atoms with van der Waals surface area (Å²) in [6.45, 7) is 0.410. The minimum atomic E-state index is -2.74. The second kappa shape index (κ2) is 4.11. The van der Waals surface area contributed by atoms with Crippen LogP contribution in [0.2, 0.25) is 0 Å². The number of benzene rings is 1. The second-order valence-corrected chi connectivity index (χ2v) is 4.40. The van der Waals surface area contributed by atoms with Gasteiger partial charge < -0.3 is 5.11 Å². The van der Waals surface area contributed by atoms with Crippen molar-refractivity contribution in [2.24, 2.45) is 0 Å². The Bertz CT molecular complexity index is 355. The van der Waals surface area contributed by atoms with Gasteiger partial charge in [0.25, 0.3) is 5.92 Å². The van der Waals surface area contributed by atoms with Crippen molar-refractivity contribution in [3.63, 3.8) is 0 Å². The molecule has 0 aliphatic heterocycles. The van der Waals surface area contributed by atoms with Crippen molar-refractivity contribution in [1.82, 2.24) is 5.32 Å². The Kier molecular flexibility index (Phi) is 2.95. The first-order chi connectivity index (χ1) is 7.49. The minimum absolute atomic E-state index is 0.104. The molecular weight excluding hydrogens is 212 g/mol. The molecule has 1 atom stereocenters. The molecule has 1 fully saturated rings. The molecule has 2 N–H and O–H groups in total. The van der Waals surface area contributed by atoms with Crippen LogP contribution >= 0.6 is 0 Å². The lowest BCUT2D eigenvalue weighted by molar-refractivity contribution is -0.0486. The van der Waals surface area contributed by atoms with Crippen molar-refractivity contribution >= 4 is 0 Å². The van der Waals surface area contributed by atoms with Gasteiger partial charge in [0.2, 0.25) is 0 Å². The first kappa shape index (κ1) is 11.5. The lowest BCUT2D eigenvalue weighted by atomic mass is 10.1. The van der Waals surface area contributed by atoms with Gasteiger partial charge in [0.1, 0.15) is 5.72 Å². The maximum absolute atomic E-state index is 13.0. The van der Waals surface area contributed by atoms with Crippen LogP contribution in [-0.4, -0.2) is 16.8 Å². The van der Waals surface area contributed by atoms with Gasteiger partial charge in [-0.3, -0.25) is 5.32 Å². The molecule has 88 valence electrons. The number of nitrogens with one attached hydrogen (secondary N) is 1. The van der Waals surface area contributed by atoms with E-state index in [4.69, 9.17) is 0 Å². The topological polar surface area (TPSA) is 32.3 Å². The summed E-state index contributed by atoms with van der Waals surface area (Å²) < 4.78 is 25.9. The third kappa shape index (κ3) is 2.77. The average Bonchev–Trinajstić information content (AvgIpc) is 2.53. The van der Waals surface area contributed by atoms with Crippen LogP contribution < -0.4 is 5.32 Å². The van der Waals surface area contributed by atoms with Crippen molar-refractivity contribution < 1.29 is 13.9 Å². The second-order valence-electron chi connectivity index (χ2n) is 4.40. The van der Waals surface area contributed by atoms with Gasteiger partial charge in [-0.05, 0) is 12.0 Å². The zero-order valence-corrected chi connectivity index (χ0v) is 8.92. The van der Waals surface area contributed by atoms with Crippen molar-refractivity contribution in [3.05, 3.63) is 35.9 Å². The molecular formula is C12H15F2NO. The predicted molar refractivity (Wildman–Crippen MR) is 57.0 cm³/mol. The Hall–Kier alpha value is -1.00. The van der Waals surface area contributed by atoms with Crippen molar-refractivity contribution in [3.8, 4) is 0 Å². The molecule has 4 heteroatoms. The van der Waals surface area contributed by atoms with Gasteiger partial charge in [0.15, 0.2) is 0 Å². The zero-order valence-electron chi connectivity index (χ0n) is 8.92. The average molecular weight is 227 g/mol. The summed E-state index contributed by atoms with van der Waals surface area (Å²) in [5.41, 5.74) is -0.439. The highest BCUT2D eigenvalue weighted by atomic mass is 19.3. The molecule has 0 saturated heterocycles. The standard InChI is InChI=1S/C12H15F2NO/c13-11(14)6-7-12(16,9-11)15-8-10-4-2-1-3-5-10/h1-5,15-16H,6-9H2. The summed E-state index contributed by atoms with van der Waals surface area (Å²) in [6.07, 6.45) is -0.634. The van der Waals surface area contributed by atoms with E-state index >= 15 is 0 Å². The maximum atomic E-state index is 13.0. The van der Waals surface area contributed by atoms with Gasteiger partial charge in [0, 0.05) is 13.0 Å². The highest BCUT2D eigenvalue weighted by molar-refractivity contribution is 5.14. The largest absolute Gasteiger partial charge is 0.376 e. The smallest absolute Gasteiger partial charge is 0.252 e. The predicted octanol–water partition coefficient (Wildman–Crippen LogP) is 2.28. The van der Waals surface area contributed by atoms with Crippen LogP contribution in [0, 0.1) is 0 Å². The third-order valence-corrected chi connectivity index (χ3v) is 2.92. The van der Waals surface area contributed by atoms with Crippen LogP contribution in [-0.2, 0) is 6.54 Å². The number of halogens is 2.